The molecule has 0 aliphatic carbocycles. The average molecular weight is 275 g/mol. The molecule has 2 aromatic rings. The summed E-state index contributed by atoms with van der Waals surface area (Å²) in [5.74, 6) is -1.74. The summed E-state index contributed by atoms with van der Waals surface area (Å²) in [6.45, 7) is 3.96. The number of aromatic nitrogens is 1. The van der Waals surface area contributed by atoms with Crippen molar-refractivity contribution >= 4 is 5.97 Å². The summed E-state index contributed by atoms with van der Waals surface area (Å²) >= 11 is 0. The number of hydrogen-bond acceptors (Lipinski definition) is 2. The van der Waals surface area contributed by atoms with Gasteiger partial charge in [0, 0.05) is 24.0 Å². The minimum Gasteiger partial charge on any atom is -0.477 e. The molecule has 0 aliphatic rings. The number of benzene rings is 1. The molecule has 0 radical (unpaired) electrons. The summed E-state index contributed by atoms with van der Waals surface area (Å²) in [6.07, 6.45) is 1.57. The average Bonchev–Trinajstić information content (AvgIpc) is 2.38. The number of aromatic carboxylic acids is 1. The molecule has 104 valence electrons. The number of halogens is 1. The van der Waals surface area contributed by atoms with E-state index in [9.17, 15) is 19.1 Å². The molecule has 0 amide bonds. The number of carboxylic acid groups (broad SMARTS) is 1. The van der Waals surface area contributed by atoms with E-state index in [1.165, 1.54) is 18.2 Å². The summed E-state index contributed by atoms with van der Waals surface area (Å²) in [5.41, 5.74) is 0.0955. The van der Waals surface area contributed by atoms with Crippen LogP contribution in [0.1, 0.15) is 23.0 Å². The van der Waals surface area contributed by atoms with Crippen LogP contribution < -0.4 is 5.43 Å². The number of nitrogens with zero attached hydrogens (tertiary/aromatic N) is 1. The first-order chi connectivity index (χ1) is 9.45. The Kier molecular flexibility index (Phi) is 3.70. The van der Waals surface area contributed by atoms with Crippen molar-refractivity contribution in [3.63, 3.8) is 0 Å². The molecule has 0 atom stereocenters. The number of carboxylic acids is 1. The van der Waals surface area contributed by atoms with E-state index in [0.29, 0.717) is 17.8 Å². The second-order valence-electron chi connectivity index (χ2n) is 4.43. The van der Waals surface area contributed by atoms with Crippen molar-refractivity contribution in [2.24, 2.45) is 0 Å². The molecule has 1 heterocycles. The molecule has 0 bridgehead atoms. The standard InChI is InChI=1S/C15H14FNO3/c1-3-17-8-12(10-5-4-6-11(16)7-10)14(18)13(9(17)2)15(19)20/h4-8H,3H2,1-2H3,(H,19,20). The Morgan fingerprint density at radius 3 is 2.65 bits per heavy atom. The third-order valence-corrected chi connectivity index (χ3v) is 3.24. The van der Waals surface area contributed by atoms with Crippen molar-refractivity contribution in [3.05, 3.63) is 57.8 Å². The molecule has 0 spiro atoms. The maximum atomic E-state index is 13.3. The Balaban J connectivity index is 2.81. The van der Waals surface area contributed by atoms with E-state index in [2.05, 4.69) is 0 Å². The molecule has 0 aliphatic heterocycles. The summed E-state index contributed by atoms with van der Waals surface area (Å²) < 4.78 is 15.0. The van der Waals surface area contributed by atoms with E-state index in [-0.39, 0.29) is 11.1 Å². The lowest BCUT2D eigenvalue weighted by molar-refractivity contribution is 0.0693. The van der Waals surface area contributed by atoms with Gasteiger partial charge in [0.05, 0.1) is 0 Å². The smallest absolute Gasteiger partial charge is 0.341 e. The van der Waals surface area contributed by atoms with Gasteiger partial charge in [0.1, 0.15) is 11.4 Å². The zero-order valence-corrected chi connectivity index (χ0v) is 11.2. The summed E-state index contributed by atoms with van der Waals surface area (Å²) in [4.78, 5) is 23.6. The molecule has 20 heavy (non-hydrogen) atoms. The van der Waals surface area contributed by atoms with Crippen molar-refractivity contribution in [2.75, 3.05) is 0 Å². The first-order valence-corrected chi connectivity index (χ1v) is 6.19. The first kappa shape index (κ1) is 14.0. The number of carbonyl (C=O) groups is 1. The van der Waals surface area contributed by atoms with Gasteiger partial charge in [-0.05, 0) is 31.5 Å². The summed E-state index contributed by atoms with van der Waals surface area (Å²) in [5, 5.41) is 9.20. The van der Waals surface area contributed by atoms with Gasteiger partial charge < -0.3 is 9.67 Å². The highest BCUT2D eigenvalue weighted by Gasteiger charge is 2.19. The van der Waals surface area contributed by atoms with Crippen molar-refractivity contribution < 1.29 is 14.3 Å². The van der Waals surface area contributed by atoms with Crippen LogP contribution in [-0.4, -0.2) is 15.6 Å². The Bertz CT molecular complexity index is 734. The van der Waals surface area contributed by atoms with E-state index < -0.39 is 17.2 Å². The van der Waals surface area contributed by atoms with Gasteiger partial charge in [-0.25, -0.2) is 9.18 Å². The molecular weight excluding hydrogens is 261 g/mol. The lowest BCUT2D eigenvalue weighted by Gasteiger charge is -2.13. The van der Waals surface area contributed by atoms with Gasteiger partial charge in [0.2, 0.25) is 5.43 Å². The predicted molar refractivity (Wildman–Crippen MR) is 73.5 cm³/mol. The van der Waals surface area contributed by atoms with E-state index in [0.717, 1.165) is 0 Å². The van der Waals surface area contributed by atoms with Crippen LogP contribution in [0.4, 0.5) is 4.39 Å². The van der Waals surface area contributed by atoms with Crippen LogP contribution in [-0.2, 0) is 6.54 Å². The molecule has 0 unspecified atom stereocenters. The topological polar surface area (TPSA) is 59.3 Å². The lowest BCUT2D eigenvalue weighted by atomic mass is 10.0. The highest BCUT2D eigenvalue weighted by molar-refractivity contribution is 5.90. The fourth-order valence-corrected chi connectivity index (χ4v) is 2.20. The van der Waals surface area contributed by atoms with Gasteiger partial charge >= 0.3 is 5.97 Å². The molecule has 2 rings (SSSR count). The molecular formula is C15H14FNO3. The maximum Gasteiger partial charge on any atom is 0.341 e. The van der Waals surface area contributed by atoms with E-state index >= 15 is 0 Å². The molecule has 0 fully saturated rings. The van der Waals surface area contributed by atoms with Crippen LogP contribution in [0.15, 0.2) is 35.3 Å². The van der Waals surface area contributed by atoms with Gasteiger partial charge in [-0.15, -0.1) is 0 Å². The Labute approximate surface area is 115 Å². The van der Waals surface area contributed by atoms with Gasteiger partial charge in [0.15, 0.2) is 0 Å². The Morgan fingerprint density at radius 1 is 1.40 bits per heavy atom. The van der Waals surface area contributed by atoms with Gasteiger partial charge in [-0.3, -0.25) is 4.79 Å². The van der Waals surface area contributed by atoms with E-state index in [1.807, 2.05) is 6.92 Å². The third-order valence-electron chi connectivity index (χ3n) is 3.24. The van der Waals surface area contributed by atoms with E-state index in [1.54, 1.807) is 23.8 Å². The minimum absolute atomic E-state index is 0.189. The second kappa shape index (κ2) is 5.28. The second-order valence-corrected chi connectivity index (χ2v) is 4.43. The SMILES string of the molecule is CCn1cc(-c2cccc(F)c2)c(=O)c(C(=O)O)c1C. The largest absolute Gasteiger partial charge is 0.477 e. The van der Waals surface area contributed by atoms with Crippen molar-refractivity contribution in [3.8, 4) is 11.1 Å². The Hall–Kier alpha value is -2.43. The van der Waals surface area contributed by atoms with Gasteiger partial charge in [-0.1, -0.05) is 12.1 Å². The zero-order chi connectivity index (χ0) is 14.9. The van der Waals surface area contributed by atoms with Crippen molar-refractivity contribution in [1.82, 2.24) is 4.57 Å². The fourth-order valence-electron chi connectivity index (χ4n) is 2.20. The molecule has 4 nitrogen and oxygen atoms in total. The highest BCUT2D eigenvalue weighted by Crippen LogP contribution is 2.19. The number of rotatable bonds is 3. The quantitative estimate of drug-likeness (QED) is 0.936. The summed E-state index contributed by atoms with van der Waals surface area (Å²) in [6, 6.07) is 5.56. The zero-order valence-electron chi connectivity index (χ0n) is 11.2. The normalized spacial score (nSPS) is 10.6. The van der Waals surface area contributed by atoms with Gasteiger partial charge in [-0.2, -0.15) is 0 Å². The maximum absolute atomic E-state index is 13.3. The molecule has 5 heteroatoms. The highest BCUT2D eigenvalue weighted by atomic mass is 19.1. The van der Waals surface area contributed by atoms with Gasteiger partial charge in [0.25, 0.3) is 0 Å². The summed E-state index contributed by atoms with van der Waals surface area (Å²) in [7, 11) is 0. The predicted octanol–water partition coefficient (Wildman–Crippen LogP) is 2.68. The van der Waals surface area contributed by atoms with Crippen molar-refractivity contribution in [2.45, 2.75) is 20.4 Å². The molecule has 1 aromatic carbocycles. The first-order valence-electron chi connectivity index (χ1n) is 6.19. The molecule has 0 saturated heterocycles. The van der Waals surface area contributed by atoms with Crippen LogP contribution in [0.2, 0.25) is 0 Å². The van der Waals surface area contributed by atoms with Crippen molar-refractivity contribution in [1.29, 1.82) is 0 Å². The van der Waals surface area contributed by atoms with Crippen LogP contribution >= 0.6 is 0 Å². The fraction of sp³-hybridized carbons (Fsp3) is 0.200. The van der Waals surface area contributed by atoms with Crippen LogP contribution in [0.5, 0.6) is 0 Å². The third kappa shape index (κ3) is 2.34. The molecule has 0 saturated carbocycles. The Morgan fingerprint density at radius 2 is 2.10 bits per heavy atom. The minimum atomic E-state index is -1.27. The monoisotopic (exact) mass is 275 g/mol. The van der Waals surface area contributed by atoms with Crippen LogP contribution in [0, 0.1) is 12.7 Å². The number of aryl methyl sites for hydroxylation is 1. The molecule has 1 aromatic heterocycles. The number of pyridine rings is 1. The van der Waals surface area contributed by atoms with Crippen LogP contribution in [0.25, 0.3) is 11.1 Å². The van der Waals surface area contributed by atoms with E-state index in [4.69, 9.17) is 0 Å². The van der Waals surface area contributed by atoms with Crippen LogP contribution in [0.3, 0.4) is 0 Å². The molecule has 1 N–H and O–H groups in total. The lowest BCUT2D eigenvalue weighted by Crippen LogP contribution is -2.23. The number of hydrogen-bond donors (Lipinski definition) is 1.